The van der Waals surface area contributed by atoms with Crippen LogP contribution in [0.5, 0.6) is 0 Å². The summed E-state index contributed by atoms with van der Waals surface area (Å²) in [5.74, 6) is 0.473. The van der Waals surface area contributed by atoms with E-state index in [9.17, 15) is 4.79 Å². The largest absolute Gasteiger partial charge is 0.397 e. The maximum absolute atomic E-state index is 12.0. The molecule has 0 unspecified atom stereocenters. The molecule has 31 heavy (non-hydrogen) atoms. The fourth-order valence-corrected chi connectivity index (χ4v) is 2.79. The highest BCUT2D eigenvalue weighted by Gasteiger charge is 2.10. The van der Waals surface area contributed by atoms with Crippen molar-refractivity contribution in [2.24, 2.45) is 0 Å². The number of aryl methyl sites for hydroxylation is 1. The van der Waals surface area contributed by atoms with E-state index in [4.69, 9.17) is 21.8 Å². The lowest BCUT2D eigenvalue weighted by atomic mass is 10.0. The first-order chi connectivity index (χ1) is 14.9. The van der Waals surface area contributed by atoms with Gasteiger partial charge in [-0.3, -0.25) is 0 Å². The Labute approximate surface area is 180 Å². The molecule has 3 rings (SSSR count). The van der Waals surface area contributed by atoms with Gasteiger partial charge in [0.15, 0.2) is 0 Å². The predicted octanol–water partition coefficient (Wildman–Crippen LogP) is 2.81. The van der Waals surface area contributed by atoms with E-state index >= 15 is 0 Å². The Kier molecular flexibility index (Phi) is 8.31. The molecule has 3 aromatic rings. The molecule has 0 aliphatic carbocycles. The molecular weight excluding hydrogens is 394 g/mol. The van der Waals surface area contributed by atoms with Crippen LogP contribution in [0.2, 0.25) is 0 Å². The number of urea groups is 1. The summed E-state index contributed by atoms with van der Waals surface area (Å²) in [5, 5.41) is 21.9. The van der Waals surface area contributed by atoms with E-state index in [0.717, 1.165) is 16.7 Å². The van der Waals surface area contributed by atoms with Crippen LogP contribution in [0.1, 0.15) is 23.7 Å². The van der Waals surface area contributed by atoms with Crippen molar-refractivity contribution in [3.8, 4) is 17.2 Å². The van der Waals surface area contributed by atoms with Gasteiger partial charge >= 0.3 is 6.03 Å². The number of nitrogens with two attached hydrogens (primary N) is 2. The summed E-state index contributed by atoms with van der Waals surface area (Å²) in [6, 6.07) is 15.9. The lowest BCUT2D eigenvalue weighted by Crippen LogP contribution is -2.28. The molecular formula is C22H25N7O2. The van der Waals surface area contributed by atoms with Gasteiger partial charge in [-0.25, -0.2) is 9.78 Å². The minimum Gasteiger partial charge on any atom is -0.397 e. The van der Waals surface area contributed by atoms with Crippen LogP contribution in [0, 0.1) is 18.3 Å². The van der Waals surface area contributed by atoms with E-state index in [1.807, 2.05) is 37.3 Å². The molecule has 1 heterocycles. The summed E-state index contributed by atoms with van der Waals surface area (Å²) >= 11 is 0. The van der Waals surface area contributed by atoms with E-state index in [2.05, 4.69) is 20.6 Å². The van der Waals surface area contributed by atoms with Gasteiger partial charge in [-0.05, 0) is 43.2 Å². The number of aromatic nitrogens is 2. The van der Waals surface area contributed by atoms with E-state index in [0.29, 0.717) is 29.3 Å². The molecule has 7 N–H and O–H groups in total. The molecule has 2 amide bonds. The molecule has 160 valence electrons. The van der Waals surface area contributed by atoms with Crippen LogP contribution in [0.4, 0.5) is 22.2 Å². The number of rotatable bonds is 4. The smallest absolute Gasteiger partial charge is 0.319 e. The van der Waals surface area contributed by atoms with Gasteiger partial charge < -0.3 is 27.2 Å². The molecule has 2 aromatic carbocycles. The van der Waals surface area contributed by atoms with Crippen molar-refractivity contribution in [1.82, 2.24) is 15.3 Å². The van der Waals surface area contributed by atoms with E-state index in [1.54, 1.807) is 31.2 Å². The van der Waals surface area contributed by atoms with Gasteiger partial charge in [0.2, 0.25) is 5.95 Å². The van der Waals surface area contributed by atoms with Crippen molar-refractivity contribution in [1.29, 1.82) is 5.26 Å². The first-order valence-corrected chi connectivity index (χ1v) is 9.52. The third-order valence-electron chi connectivity index (χ3n) is 4.08. The van der Waals surface area contributed by atoms with Crippen molar-refractivity contribution in [3.63, 3.8) is 0 Å². The van der Waals surface area contributed by atoms with Gasteiger partial charge in [-0.15, -0.1) is 0 Å². The number of carbonyl (C=O) groups excluding carboxylic acids is 1. The number of benzene rings is 2. The number of nitrogens with one attached hydrogen (secondary N) is 2. The lowest BCUT2D eigenvalue weighted by molar-refractivity contribution is 0.251. The molecule has 0 spiro atoms. The Morgan fingerprint density at radius 3 is 2.45 bits per heavy atom. The average molecular weight is 419 g/mol. The monoisotopic (exact) mass is 419 g/mol. The number of nitriles is 1. The fourth-order valence-electron chi connectivity index (χ4n) is 2.79. The van der Waals surface area contributed by atoms with Gasteiger partial charge in [-0.1, -0.05) is 30.3 Å². The zero-order valence-corrected chi connectivity index (χ0v) is 17.4. The average Bonchev–Trinajstić information content (AvgIpc) is 2.73. The third kappa shape index (κ3) is 6.69. The summed E-state index contributed by atoms with van der Waals surface area (Å²) in [4.78, 5) is 20.2. The summed E-state index contributed by atoms with van der Waals surface area (Å²) in [6.45, 7) is 4.10. The standard InChI is InChI=1S/C20H19N7O.C2H6O/c1-12-17(18(22)27-19(23)25-12)15-7-5-13(6-8-15)11-24-20(28)26-16-4-2-3-14(9-16)10-21;1-2-3/h2-9H,11H2,1H3,(H2,24,26,28)(H4,22,23,25,27);3H,2H2,1H3. The van der Waals surface area contributed by atoms with Crippen LogP contribution in [-0.4, -0.2) is 27.7 Å². The SMILES string of the molecule is CCO.Cc1nc(N)nc(N)c1-c1ccc(CNC(=O)Nc2cccc(C#N)c2)cc1. The van der Waals surface area contributed by atoms with Crippen LogP contribution in [0.25, 0.3) is 11.1 Å². The van der Waals surface area contributed by atoms with Gasteiger partial charge in [0.25, 0.3) is 0 Å². The van der Waals surface area contributed by atoms with E-state index in [1.165, 1.54) is 0 Å². The number of hydrogen-bond acceptors (Lipinski definition) is 7. The number of hydrogen-bond donors (Lipinski definition) is 5. The molecule has 9 nitrogen and oxygen atoms in total. The van der Waals surface area contributed by atoms with Crippen molar-refractivity contribution in [2.75, 3.05) is 23.4 Å². The highest BCUT2D eigenvalue weighted by molar-refractivity contribution is 5.89. The molecule has 0 radical (unpaired) electrons. The van der Waals surface area contributed by atoms with Crippen LogP contribution in [-0.2, 0) is 6.54 Å². The quantitative estimate of drug-likeness (QED) is 0.434. The van der Waals surface area contributed by atoms with Crippen LogP contribution in [0.15, 0.2) is 48.5 Å². The molecule has 0 bridgehead atoms. The molecule has 0 atom stereocenters. The number of nitrogen functional groups attached to an aromatic ring is 2. The van der Waals surface area contributed by atoms with Gasteiger partial charge in [0, 0.05) is 24.4 Å². The third-order valence-corrected chi connectivity index (χ3v) is 4.08. The zero-order valence-electron chi connectivity index (χ0n) is 17.4. The van der Waals surface area contributed by atoms with E-state index in [-0.39, 0.29) is 18.6 Å². The fraction of sp³-hybridized carbons (Fsp3) is 0.182. The highest BCUT2D eigenvalue weighted by Crippen LogP contribution is 2.27. The number of anilines is 3. The predicted molar refractivity (Wildman–Crippen MR) is 121 cm³/mol. The summed E-state index contributed by atoms with van der Waals surface area (Å²) < 4.78 is 0. The second kappa shape index (κ2) is 11.1. The molecule has 0 fully saturated rings. The molecule has 9 heteroatoms. The minimum absolute atomic E-state index is 0.144. The summed E-state index contributed by atoms with van der Waals surface area (Å²) in [5.41, 5.74) is 15.8. The Morgan fingerprint density at radius 2 is 1.84 bits per heavy atom. The number of carbonyl (C=O) groups is 1. The maximum Gasteiger partial charge on any atom is 0.319 e. The van der Waals surface area contributed by atoms with Gasteiger partial charge in [0.05, 0.1) is 17.3 Å². The molecule has 0 aliphatic heterocycles. The lowest BCUT2D eigenvalue weighted by Gasteiger charge is -2.11. The Balaban J connectivity index is 0.00000107. The second-order valence-electron chi connectivity index (χ2n) is 6.44. The number of amides is 2. The van der Waals surface area contributed by atoms with Gasteiger partial charge in [0.1, 0.15) is 5.82 Å². The molecule has 1 aromatic heterocycles. The number of aliphatic hydroxyl groups excluding tert-OH is 1. The minimum atomic E-state index is -0.355. The topological polar surface area (TPSA) is 163 Å². The first-order valence-electron chi connectivity index (χ1n) is 9.52. The van der Waals surface area contributed by atoms with Crippen molar-refractivity contribution in [3.05, 3.63) is 65.4 Å². The van der Waals surface area contributed by atoms with Crippen molar-refractivity contribution < 1.29 is 9.90 Å². The maximum atomic E-state index is 12.0. The van der Waals surface area contributed by atoms with E-state index < -0.39 is 0 Å². The first kappa shape index (κ1) is 23.1. The van der Waals surface area contributed by atoms with Crippen molar-refractivity contribution >= 4 is 23.5 Å². The van der Waals surface area contributed by atoms with Crippen LogP contribution in [0.3, 0.4) is 0 Å². The summed E-state index contributed by atoms with van der Waals surface area (Å²) in [7, 11) is 0. The van der Waals surface area contributed by atoms with Gasteiger partial charge in [-0.2, -0.15) is 10.2 Å². The summed E-state index contributed by atoms with van der Waals surface area (Å²) in [6.07, 6.45) is 0. The van der Waals surface area contributed by atoms with Crippen LogP contribution >= 0.6 is 0 Å². The van der Waals surface area contributed by atoms with Crippen LogP contribution < -0.4 is 22.1 Å². The number of aliphatic hydroxyl groups is 1. The Bertz CT molecular complexity index is 1050. The Hall–Kier alpha value is -4.16. The molecule has 0 saturated carbocycles. The van der Waals surface area contributed by atoms with Crippen molar-refractivity contribution in [2.45, 2.75) is 20.4 Å². The second-order valence-corrected chi connectivity index (χ2v) is 6.44. The highest BCUT2D eigenvalue weighted by atomic mass is 16.2. The normalized spacial score (nSPS) is 9.74. The molecule has 0 aliphatic rings. The zero-order chi connectivity index (χ0) is 22.8. The number of nitrogens with zero attached hydrogens (tertiary/aromatic N) is 3. The molecule has 0 saturated heterocycles. The Morgan fingerprint density at radius 1 is 1.16 bits per heavy atom.